The lowest BCUT2D eigenvalue weighted by Crippen LogP contribution is -2.46. The maximum absolute atomic E-state index is 13.8. The Bertz CT molecular complexity index is 1660. The van der Waals surface area contributed by atoms with Crippen molar-refractivity contribution in [2.45, 2.75) is 70.6 Å². The molecule has 50 heavy (non-hydrogen) atoms. The summed E-state index contributed by atoms with van der Waals surface area (Å²) < 4.78 is 138. The van der Waals surface area contributed by atoms with Crippen molar-refractivity contribution >= 4 is 23.7 Å². The topological polar surface area (TPSA) is 103 Å². The summed E-state index contributed by atoms with van der Waals surface area (Å²) in [4.78, 5) is 34.5. The third-order valence-electron chi connectivity index (χ3n) is 7.60. The number of fused-ring (bicyclic) bond motifs is 1. The number of hydrogen-bond donors (Lipinski definition) is 1. The van der Waals surface area contributed by atoms with E-state index in [1.165, 1.54) is 11.8 Å². The van der Waals surface area contributed by atoms with Crippen LogP contribution in [-0.2, 0) is 39.2 Å². The number of rotatable bonds is 10. The first-order chi connectivity index (χ1) is 23.3. The lowest BCUT2D eigenvalue weighted by molar-refractivity contribution is -0.146. The van der Waals surface area contributed by atoms with E-state index in [-0.39, 0.29) is 54.3 Å². The summed E-state index contributed by atoms with van der Waals surface area (Å²) in [5.74, 6) is -1.40. The van der Waals surface area contributed by atoms with Crippen LogP contribution in [0.4, 0.5) is 55.9 Å². The van der Waals surface area contributed by atoms with Gasteiger partial charge in [-0.2, -0.15) is 39.5 Å². The van der Waals surface area contributed by atoms with Crippen LogP contribution in [0.5, 0.6) is 5.75 Å². The summed E-state index contributed by atoms with van der Waals surface area (Å²) in [5.41, 5.74) is -4.73. The van der Waals surface area contributed by atoms with Crippen molar-refractivity contribution in [3.05, 3.63) is 76.1 Å². The average Bonchev–Trinajstić information content (AvgIpc) is 3.02. The first-order valence-electron chi connectivity index (χ1n) is 15.2. The maximum atomic E-state index is 13.8. The molecule has 18 heteroatoms. The highest BCUT2D eigenvalue weighted by molar-refractivity contribution is 5.90. The molecule has 0 bridgehead atoms. The molecule has 1 N–H and O–H groups in total. The van der Waals surface area contributed by atoms with Gasteiger partial charge in [0.05, 0.1) is 53.5 Å². The average molecular weight is 723 g/mol. The van der Waals surface area contributed by atoms with Crippen molar-refractivity contribution in [3.8, 4) is 5.75 Å². The fourth-order valence-electron chi connectivity index (χ4n) is 5.39. The highest BCUT2D eigenvalue weighted by atomic mass is 19.4. The van der Waals surface area contributed by atoms with Crippen LogP contribution in [0.15, 0.2) is 42.6 Å². The van der Waals surface area contributed by atoms with Crippen LogP contribution in [0.1, 0.15) is 73.2 Å². The molecule has 1 amide bonds. The maximum Gasteiger partial charge on any atom is 0.416 e. The van der Waals surface area contributed by atoms with Crippen LogP contribution in [0.25, 0.3) is 0 Å². The van der Waals surface area contributed by atoms with Crippen molar-refractivity contribution < 1.29 is 63.3 Å². The largest absolute Gasteiger partial charge is 0.478 e. The van der Waals surface area contributed by atoms with Gasteiger partial charge in [-0.1, -0.05) is 6.92 Å². The molecular formula is C32H31F9N4O5. The number of halogens is 9. The number of amides is 1. The summed E-state index contributed by atoms with van der Waals surface area (Å²) in [5, 5.41) is 2.91. The fourth-order valence-corrected chi connectivity index (χ4v) is 5.39. The molecule has 0 saturated heterocycles. The Morgan fingerprint density at radius 1 is 0.860 bits per heavy atom. The second-order valence-corrected chi connectivity index (χ2v) is 11.0. The molecule has 0 aliphatic carbocycles. The zero-order valence-electron chi connectivity index (χ0n) is 26.7. The number of esters is 1. The van der Waals surface area contributed by atoms with Crippen LogP contribution in [0.3, 0.4) is 0 Å². The molecular weight excluding hydrogens is 691 g/mol. The van der Waals surface area contributed by atoms with E-state index < -0.39 is 78.0 Å². The second-order valence-electron chi connectivity index (χ2n) is 11.0. The van der Waals surface area contributed by atoms with Gasteiger partial charge in [-0.05, 0) is 74.2 Å². The monoisotopic (exact) mass is 722 g/mol. The number of anilines is 2. The molecule has 0 radical (unpaired) electrons. The normalized spacial score (nSPS) is 16.4. The van der Waals surface area contributed by atoms with Gasteiger partial charge in [0.1, 0.15) is 0 Å². The Morgan fingerprint density at radius 2 is 1.48 bits per heavy atom. The number of ether oxygens (including phenoxy) is 3. The van der Waals surface area contributed by atoms with E-state index in [0.29, 0.717) is 18.6 Å². The highest BCUT2D eigenvalue weighted by Gasteiger charge is 2.40. The molecule has 2 heterocycles. The number of hydrogen-bond acceptors (Lipinski definition) is 8. The van der Waals surface area contributed by atoms with Gasteiger partial charge in [-0.3, -0.25) is 4.90 Å². The number of alkyl halides is 9. The van der Waals surface area contributed by atoms with Gasteiger partial charge >= 0.3 is 30.6 Å². The zero-order chi connectivity index (χ0) is 37.0. The molecule has 272 valence electrons. The van der Waals surface area contributed by atoms with Crippen LogP contribution in [0.2, 0.25) is 0 Å². The minimum Gasteiger partial charge on any atom is -0.478 e. The summed E-state index contributed by atoms with van der Waals surface area (Å²) in [6.45, 7) is 4.13. The molecule has 3 aromatic rings. The number of carbonyl (C=O) groups is 2. The Balaban J connectivity index is 1.80. The van der Waals surface area contributed by atoms with Crippen molar-refractivity contribution in [1.82, 2.24) is 9.97 Å². The standard InChI is InChI=1S/C32H31F9N4O5/c1-4-21-14-23(22-13-18(30(33,34)35)7-8-25(22)45(21)29(47)49-6-3)43-28-42-15-26(50-16-27(46)48-5-2)24(44-28)11-17-9-19(31(36,37)38)12-20(10-17)32(39,40)41/h7-10,12-13,15,21,23H,4-6,11,14,16H2,1-3H3,(H,42,43,44)/t21-,23+/m1/s1. The van der Waals surface area contributed by atoms with Crippen LogP contribution < -0.4 is 15.0 Å². The van der Waals surface area contributed by atoms with Crippen LogP contribution >= 0.6 is 0 Å². The zero-order valence-corrected chi connectivity index (χ0v) is 26.7. The van der Waals surface area contributed by atoms with Gasteiger partial charge in [0.25, 0.3) is 0 Å². The van der Waals surface area contributed by atoms with Gasteiger partial charge in [0.15, 0.2) is 12.4 Å². The lowest BCUT2D eigenvalue weighted by Gasteiger charge is -2.40. The van der Waals surface area contributed by atoms with Gasteiger partial charge in [0, 0.05) is 12.5 Å². The number of nitrogens with zero attached hydrogens (tertiary/aromatic N) is 3. The molecule has 1 aliphatic rings. The number of carbonyl (C=O) groups excluding carboxylic acids is 2. The lowest BCUT2D eigenvalue weighted by atomic mass is 9.89. The van der Waals surface area contributed by atoms with E-state index >= 15 is 0 Å². The quantitative estimate of drug-likeness (QED) is 0.165. The fraction of sp³-hybridized carbons (Fsp3) is 0.438. The van der Waals surface area contributed by atoms with Crippen molar-refractivity contribution in [3.63, 3.8) is 0 Å². The van der Waals surface area contributed by atoms with E-state index in [4.69, 9.17) is 14.2 Å². The molecule has 9 nitrogen and oxygen atoms in total. The smallest absolute Gasteiger partial charge is 0.416 e. The summed E-state index contributed by atoms with van der Waals surface area (Å²) in [6, 6.07) is 2.24. The van der Waals surface area contributed by atoms with Gasteiger partial charge < -0.3 is 19.5 Å². The number of benzene rings is 2. The van der Waals surface area contributed by atoms with Gasteiger partial charge in [-0.25, -0.2) is 19.6 Å². The minimum absolute atomic E-state index is 0.000952. The van der Waals surface area contributed by atoms with E-state index in [9.17, 15) is 49.1 Å². The van der Waals surface area contributed by atoms with Gasteiger partial charge in [0.2, 0.25) is 5.95 Å². The van der Waals surface area contributed by atoms with E-state index in [2.05, 4.69) is 15.3 Å². The Kier molecular flexibility index (Phi) is 11.4. The highest BCUT2D eigenvalue weighted by Crippen LogP contribution is 2.43. The molecule has 0 saturated carbocycles. The molecule has 2 aromatic carbocycles. The predicted molar refractivity (Wildman–Crippen MR) is 159 cm³/mol. The molecule has 4 rings (SSSR count). The molecule has 0 fully saturated rings. The van der Waals surface area contributed by atoms with Crippen LogP contribution in [0, 0.1) is 0 Å². The minimum atomic E-state index is -5.13. The third kappa shape index (κ3) is 9.06. The summed E-state index contributed by atoms with van der Waals surface area (Å²) >= 11 is 0. The first kappa shape index (κ1) is 38.0. The molecule has 0 spiro atoms. The van der Waals surface area contributed by atoms with E-state index in [0.717, 1.165) is 24.4 Å². The number of nitrogens with one attached hydrogen (secondary N) is 1. The van der Waals surface area contributed by atoms with Crippen molar-refractivity contribution in [2.75, 3.05) is 30.0 Å². The Hall–Kier alpha value is -4.77. The van der Waals surface area contributed by atoms with Crippen LogP contribution in [-0.4, -0.2) is 47.9 Å². The van der Waals surface area contributed by atoms with Crippen molar-refractivity contribution in [1.29, 1.82) is 0 Å². The third-order valence-corrected chi connectivity index (χ3v) is 7.60. The first-order valence-corrected chi connectivity index (χ1v) is 15.2. The van der Waals surface area contributed by atoms with Gasteiger partial charge in [-0.15, -0.1) is 0 Å². The molecule has 1 aliphatic heterocycles. The Morgan fingerprint density at radius 3 is 2.04 bits per heavy atom. The van der Waals surface area contributed by atoms with Crippen molar-refractivity contribution in [2.24, 2.45) is 0 Å². The molecule has 0 unspecified atom stereocenters. The van der Waals surface area contributed by atoms with E-state index in [1.54, 1.807) is 13.8 Å². The predicted octanol–water partition coefficient (Wildman–Crippen LogP) is 8.36. The van der Waals surface area contributed by atoms with E-state index in [1.807, 2.05) is 0 Å². The summed E-state index contributed by atoms with van der Waals surface area (Å²) in [7, 11) is 0. The summed E-state index contributed by atoms with van der Waals surface area (Å²) in [6.07, 6.45) is -15.1. The SMILES string of the molecule is CCOC(=O)COc1cnc(N[C@H]2C[C@@H](CC)N(C(=O)OCC)c3ccc(C(F)(F)F)cc32)nc1Cc1cc(C(F)(F)F)cc(C(F)(F)F)c1. The number of aromatic nitrogens is 2. The Labute approximate surface area is 279 Å². The second kappa shape index (κ2) is 15.0. The molecule has 1 aromatic heterocycles. The molecule has 2 atom stereocenters.